The van der Waals surface area contributed by atoms with Gasteiger partial charge in [0.15, 0.2) is 0 Å². The van der Waals surface area contributed by atoms with Crippen LogP contribution in [0.4, 0.5) is 5.69 Å². The van der Waals surface area contributed by atoms with E-state index in [9.17, 15) is 0 Å². The van der Waals surface area contributed by atoms with Crippen LogP contribution in [0.2, 0.25) is 0 Å². The zero-order valence-corrected chi connectivity index (χ0v) is 12.4. The lowest BCUT2D eigenvalue weighted by Gasteiger charge is -2.28. The van der Waals surface area contributed by atoms with Crippen LogP contribution in [-0.4, -0.2) is 6.23 Å². The minimum atomic E-state index is 0.0843. The predicted molar refractivity (Wildman–Crippen MR) is 88.9 cm³/mol. The van der Waals surface area contributed by atoms with Gasteiger partial charge in [-0.25, -0.2) is 0 Å². The lowest BCUT2D eigenvalue weighted by atomic mass is 10.0. The summed E-state index contributed by atoms with van der Waals surface area (Å²) in [6.07, 6.45) is 0.220. The van der Waals surface area contributed by atoms with Crippen molar-refractivity contribution in [1.82, 2.24) is 0 Å². The number of hydrogen-bond acceptors (Lipinski definition) is 2. The van der Waals surface area contributed by atoms with Gasteiger partial charge in [-0.1, -0.05) is 54.6 Å². The third-order valence-corrected chi connectivity index (χ3v) is 4.97. The minimum Gasteiger partial charge on any atom is -0.348 e. The quantitative estimate of drug-likeness (QED) is 0.636. The van der Waals surface area contributed by atoms with Crippen LogP contribution in [0, 0.1) is 0 Å². The van der Waals surface area contributed by atoms with E-state index in [2.05, 4.69) is 78.6 Å². The molecule has 3 aromatic carbocycles. The lowest BCUT2D eigenvalue weighted by molar-refractivity contribution is 0.0544. The van der Waals surface area contributed by atoms with Crippen LogP contribution in [0.5, 0.6) is 0 Å². The summed E-state index contributed by atoms with van der Waals surface area (Å²) in [6, 6.07) is 24.0. The molecule has 5 rings (SSSR count). The molecule has 1 fully saturated rings. The number of anilines is 1. The number of ether oxygens (including phenoxy) is 1. The second-order valence-electron chi connectivity index (χ2n) is 6.14. The molecule has 3 aromatic rings. The van der Waals surface area contributed by atoms with Crippen molar-refractivity contribution >= 4 is 16.5 Å². The summed E-state index contributed by atoms with van der Waals surface area (Å²) in [6.45, 7) is 2.15. The third kappa shape index (κ3) is 1.48. The molecule has 1 aliphatic carbocycles. The average Bonchev–Trinajstić information content (AvgIpc) is 3.05. The van der Waals surface area contributed by atoms with Crippen molar-refractivity contribution in [2.45, 2.75) is 25.3 Å². The first-order valence-electron chi connectivity index (χ1n) is 7.85. The van der Waals surface area contributed by atoms with Crippen molar-refractivity contribution in [1.29, 1.82) is 0 Å². The molecule has 2 heteroatoms. The maximum Gasteiger partial charge on any atom is 0.128 e. The Kier molecular flexibility index (Phi) is 2.42. The molecule has 1 saturated heterocycles. The molecular weight excluding hydrogens is 270 g/mol. The van der Waals surface area contributed by atoms with E-state index in [1.165, 1.54) is 27.6 Å². The maximum absolute atomic E-state index is 6.35. The Balaban J connectivity index is 1.74. The zero-order chi connectivity index (χ0) is 14.7. The molecular formula is C20H17NO. The van der Waals surface area contributed by atoms with E-state index in [1.54, 1.807) is 0 Å². The Labute approximate surface area is 129 Å². The van der Waals surface area contributed by atoms with Gasteiger partial charge in [0.25, 0.3) is 0 Å². The van der Waals surface area contributed by atoms with E-state index in [4.69, 9.17) is 4.74 Å². The van der Waals surface area contributed by atoms with Crippen molar-refractivity contribution in [2.75, 3.05) is 4.90 Å². The van der Waals surface area contributed by atoms with Gasteiger partial charge in [-0.15, -0.1) is 0 Å². The molecule has 22 heavy (non-hydrogen) atoms. The smallest absolute Gasteiger partial charge is 0.128 e. The zero-order valence-electron chi connectivity index (χ0n) is 12.4. The Morgan fingerprint density at radius 1 is 0.818 bits per heavy atom. The van der Waals surface area contributed by atoms with Gasteiger partial charge in [0.2, 0.25) is 0 Å². The average molecular weight is 287 g/mol. The number of benzene rings is 3. The van der Waals surface area contributed by atoms with E-state index in [0.717, 1.165) is 0 Å². The van der Waals surface area contributed by atoms with Gasteiger partial charge in [0.1, 0.15) is 12.3 Å². The van der Waals surface area contributed by atoms with Gasteiger partial charge in [0.05, 0.1) is 6.04 Å². The van der Waals surface area contributed by atoms with Crippen molar-refractivity contribution < 1.29 is 4.74 Å². The monoisotopic (exact) mass is 287 g/mol. The van der Waals surface area contributed by atoms with Gasteiger partial charge in [-0.3, -0.25) is 0 Å². The third-order valence-electron chi connectivity index (χ3n) is 4.97. The highest BCUT2D eigenvalue weighted by Crippen LogP contribution is 2.54. The number of para-hydroxylation sites is 1. The molecule has 1 aliphatic heterocycles. The van der Waals surface area contributed by atoms with Crippen LogP contribution in [0.3, 0.4) is 0 Å². The molecule has 1 heterocycles. The van der Waals surface area contributed by atoms with Crippen LogP contribution < -0.4 is 4.90 Å². The van der Waals surface area contributed by atoms with Crippen molar-refractivity contribution in [3.8, 4) is 0 Å². The maximum atomic E-state index is 6.35. The van der Waals surface area contributed by atoms with Crippen LogP contribution in [0.15, 0.2) is 66.7 Å². The SMILES string of the molecule is C[C@H]1O[C@H]2c3cccc4cccc(c34)[C@H]2N1c1ccccc1. The fourth-order valence-electron chi connectivity index (χ4n) is 4.13. The second kappa shape index (κ2) is 4.34. The number of hydrogen-bond donors (Lipinski definition) is 0. The summed E-state index contributed by atoms with van der Waals surface area (Å²) in [4.78, 5) is 2.42. The normalized spacial score (nSPS) is 25.7. The molecule has 0 unspecified atom stereocenters. The van der Waals surface area contributed by atoms with Gasteiger partial charge < -0.3 is 9.64 Å². The highest BCUT2D eigenvalue weighted by atomic mass is 16.5. The molecule has 3 atom stereocenters. The van der Waals surface area contributed by atoms with E-state index >= 15 is 0 Å². The second-order valence-corrected chi connectivity index (χ2v) is 6.14. The van der Waals surface area contributed by atoms with Gasteiger partial charge in [-0.2, -0.15) is 0 Å². The van der Waals surface area contributed by atoms with Gasteiger partial charge in [-0.05, 0) is 41.0 Å². The summed E-state index contributed by atoms with van der Waals surface area (Å²) >= 11 is 0. The van der Waals surface area contributed by atoms with Crippen molar-refractivity contribution in [3.63, 3.8) is 0 Å². The predicted octanol–water partition coefficient (Wildman–Crippen LogP) is 4.82. The van der Waals surface area contributed by atoms with Crippen LogP contribution in [0.25, 0.3) is 10.8 Å². The highest BCUT2D eigenvalue weighted by Gasteiger charge is 2.47. The Morgan fingerprint density at radius 2 is 1.55 bits per heavy atom. The molecule has 0 spiro atoms. The standard InChI is InChI=1S/C20H17NO/c1-13-21(15-9-3-2-4-10-15)19-16-11-5-7-14-8-6-12-17(18(14)16)20(19)22-13/h2-13,19-20H,1H3/t13-,19-,20+/m1/s1. The molecule has 2 aliphatic rings. The van der Waals surface area contributed by atoms with Crippen LogP contribution in [0.1, 0.15) is 30.2 Å². The molecule has 0 radical (unpaired) electrons. The number of nitrogens with zero attached hydrogens (tertiary/aromatic N) is 1. The van der Waals surface area contributed by atoms with Gasteiger partial charge in [0, 0.05) is 5.69 Å². The van der Waals surface area contributed by atoms with E-state index in [1.807, 2.05) is 0 Å². The first kappa shape index (κ1) is 12.2. The Morgan fingerprint density at radius 3 is 2.32 bits per heavy atom. The van der Waals surface area contributed by atoms with E-state index < -0.39 is 0 Å². The van der Waals surface area contributed by atoms with Crippen LogP contribution in [-0.2, 0) is 4.74 Å². The minimum absolute atomic E-state index is 0.0843. The Bertz CT molecular complexity index is 853. The van der Waals surface area contributed by atoms with E-state index in [0.29, 0.717) is 0 Å². The van der Waals surface area contributed by atoms with Gasteiger partial charge >= 0.3 is 0 Å². The fourth-order valence-corrected chi connectivity index (χ4v) is 4.13. The van der Waals surface area contributed by atoms with Crippen molar-refractivity contribution in [2.24, 2.45) is 0 Å². The molecule has 0 aromatic heterocycles. The molecule has 0 saturated carbocycles. The first-order valence-corrected chi connectivity index (χ1v) is 7.85. The van der Waals surface area contributed by atoms with Crippen LogP contribution >= 0.6 is 0 Å². The van der Waals surface area contributed by atoms with Crippen molar-refractivity contribution in [3.05, 3.63) is 77.9 Å². The number of rotatable bonds is 1. The molecule has 0 N–H and O–H groups in total. The van der Waals surface area contributed by atoms with E-state index in [-0.39, 0.29) is 18.4 Å². The highest BCUT2D eigenvalue weighted by molar-refractivity contribution is 5.92. The molecule has 0 bridgehead atoms. The summed E-state index contributed by atoms with van der Waals surface area (Å²) in [5.74, 6) is 0. The summed E-state index contributed by atoms with van der Waals surface area (Å²) in [5, 5.41) is 2.70. The summed E-state index contributed by atoms with van der Waals surface area (Å²) in [5.41, 5.74) is 3.96. The molecule has 0 amide bonds. The largest absolute Gasteiger partial charge is 0.348 e. The summed E-state index contributed by atoms with van der Waals surface area (Å²) < 4.78 is 6.35. The molecule has 108 valence electrons. The Hall–Kier alpha value is -2.32. The first-order chi connectivity index (χ1) is 10.8. The summed E-state index contributed by atoms with van der Waals surface area (Å²) in [7, 11) is 0. The fraction of sp³-hybridized carbons (Fsp3) is 0.200. The topological polar surface area (TPSA) is 12.5 Å². The lowest BCUT2D eigenvalue weighted by Crippen LogP contribution is -2.29. The molecule has 2 nitrogen and oxygen atoms in total. The number of fused-ring (bicyclic) bond motifs is 3.